The molecule has 0 aromatic carbocycles. The summed E-state index contributed by atoms with van der Waals surface area (Å²) in [5.41, 5.74) is 0. The molecule has 0 spiro atoms. The zero-order chi connectivity index (χ0) is 49.5. The average Bonchev–Trinajstić information content (AvgIpc) is 3.33. The molecule has 0 aromatic rings. The minimum Gasteiger partial charge on any atom is -0.457 e. The van der Waals surface area contributed by atoms with Crippen molar-refractivity contribution < 1.29 is 69.0 Å². The summed E-state index contributed by atoms with van der Waals surface area (Å²) >= 11 is 0. The van der Waals surface area contributed by atoms with E-state index in [4.69, 9.17) is 28.4 Å². The third kappa shape index (κ3) is 29.1. The normalized spacial score (nSPS) is 26.0. The van der Waals surface area contributed by atoms with Gasteiger partial charge in [0.15, 0.2) is 12.6 Å². The highest BCUT2D eigenvalue weighted by Crippen LogP contribution is 2.26. The van der Waals surface area contributed by atoms with Crippen LogP contribution in [0.1, 0.15) is 213 Å². The third-order valence-corrected chi connectivity index (χ3v) is 13.2. The molecule has 14 nitrogen and oxygen atoms in total. The van der Waals surface area contributed by atoms with Gasteiger partial charge in [0, 0.05) is 13.0 Å². The highest BCUT2D eigenvalue weighted by Gasteiger charge is 2.47. The first kappa shape index (κ1) is 62.6. The lowest BCUT2D eigenvalue weighted by Crippen LogP contribution is -2.61. The highest BCUT2D eigenvalue weighted by atomic mass is 16.7. The SMILES string of the molecule is CCCCCCC/C=C\CCCCCCCCOCC(COC1OC(COC2OC(CO)C(O)C(O)C2O)C(O)C(O)C1O)OC(=O)CCCCCCCCCCC/C=C\CCCCCCCC. The molecule has 0 aromatic heterocycles. The zero-order valence-corrected chi connectivity index (χ0v) is 42.6. The first-order valence-corrected chi connectivity index (χ1v) is 27.4. The molecule has 68 heavy (non-hydrogen) atoms. The number of esters is 1. The Hall–Kier alpha value is -1.53. The molecule has 2 aliphatic rings. The van der Waals surface area contributed by atoms with Gasteiger partial charge in [-0.2, -0.15) is 0 Å². The molecule has 0 saturated carbocycles. The summed E-state index contributed by atoms with van der Waals surface area (Å²) in [5.74, 6) is -0.378. The van der Waals surface area contributed by atoms with Crippen LogP contribution in [0.15, 0.2) is 24.3 Å². The Morgan fingerprint density at radius 2 is 0.868 bits per heavy atom. The van der Waals surface area contributed by atoms with E-state index in [0.717, 1.165) is 44.9 Å². The number of hydrogen-bond donors (Lipinski definition) is 7. The molecule has 2 rings (SSSR count). The summed E-state index contributed by atoms with van der Waals surface area (Å²) in [6.07, 6.45) is 29.5. The number of carbonyl (C=O) groups excluding carboxylic acids is 1. The van der Waals surface area contributed by atoms with Gasteiger partial charge in [0.2, 0.25) is 0 Å². The topological polar surface area (TPSA) is 214 Å². The molecule has 14 heteroatoms. The number of unbranched alkanes of at least 4 members (excludes halogenated alkanes) is 26. The van der Waals surface area contributed by atoms with Gasteiger partial charge in [-0.1, -0.05) is 167 Å². The second kappa shape index (κ2) is 42.0. The Morgan fingerprint density at radius 1 is 0.471 bits per heavy atom. The monoisotopic (exact) mass is 973 g/mol. The van der Waals surface area contributed by atoms with Crippen molar-refractivity contribution in [2.45, 2.75) is 280 Å². The van der Waals surface area contributed by atoms with E-state index in [1.165, 1.54) is 141 Å². The molecule has 2 saturated heterocycles. The van der Waals surface area contributed by atoms with Gasteiger partial charge in [0.25, 0.3) is 0 Å². The lowest BCUT2D eigenvalue weighted by atomic mass is 9.98. The van der Waals surface area contributed by atoms with Crippen molar-refractivity contribution in [2.24, 2.45) is 0 Å². The van der Waals surface area contributed by atoms with Gasteiger partial charge in [-0.25, -0.2) is 0 Å². The van der Waals surface area contributed by atoms with Crippen molar-refractivity contribution in [2.75, 3.05) is 33.0 Å². The maximum absolute atomic E-state index is 13.0. The molecule has 0 amide bonds. The highest BCUT2D eigenvalue weighted by molar-refractivity contribution is 5.69. The minimum atomic E-state index is -1.71. The summed E-state index contributed by atoms with van der Waals surface area (Å²) in [5, 5.41) is 72.2. The van der Waals surface area contributed by atoms with Crippen molar-refractivity contribution in [1.82, 2.24) is 0 Å². The Bertz CT molecular complexity index is 1220. The Labute approximate surface area is 411 Å². The molecular formula is C54H100O14. The van der Waals surface area contributed by atoms with Crippen LogP contribution in [0.2, 0.25) is 0 Å². The van der Waals surface area contributed by atoms with E-state index in [-0.39, 0.29) is 25.6 Å². The molecule has 0 bridgehead atoms. The van der Waals surface area contributed by atoms with E-state index < -0.39 is 80.7 Å². The van der Waals surface area contributed by atoms with Gasteiger partial charge >= 0.3 is 5.97 Å². The number of aliphatic hydroxyl groups is 7. The summed E-state index contributed by atoms with van der Waals surface area (Å²) < 4.78 is 34.3. The number of allylic oxidation sites excluding steroid dienone is 4. The molecule has 400 valence electrons. The largest absolute Gasteiger partial charge is 0.457 e. The summed E-state index contributed by atoms with van der Waals surface area (Å²) in [6.45, 7) is 3.68. The van der Waals surface area contributed by atoms with Gasteiger partial charge in [-0.3, -0.25) is 4.79 Å². The Balaban J connectivity index is 1.74. The third-order valence-electron chi connectivity index (χ3n) is 13.2. The van der Waals surface area contributed by atoms with Gasteiger partial charge in [-0.05, 0) is 64.2 Å². The standard InChI is InChI=1S/C54H100O14/c1-3-5-7-9-11-13-15-17-19-20-21-22-23-25-27-29-31-33-35-37-46(56)66-43(40-63-38-36-34-32-30-28-26-24-18-16-14-12-10-8-6-4-2)41-64-53-52(62)50(60)48(58)45(68-53)42-65-54-51(61)49(59)47(57)44(39-55)67-54/h16-19,43-45,47-55,57-62H,3-15,20-42H2,1-2H3/b18-16-,19-17-. The smallest absolute Gasteiger partial charge is 0.306 e. The van der Waals surface area contributed by atoms with Gasteiger partial charge in [0.05, 0.1) is 26.4 Å². The molecule has 7 N–H and O–H groups in total. The number of rotatable bonds is 44. The van der Waals surface area contributed by atoms with Crippen molar-refractivity contribution in [3.63, 3.8) is 0 Å². The number of ether oxygens (including phenoxy) is 6. The summed E-state index contributed by atoms with van der Waals surface area (Å²) in [6, 6.07) is 0. The molecular weight excluding hydrogens is 873 g/mol. The lowest BCUT2D eigenvalue weighted by Gasteiger charge is -2.42. The molecule has 2 heterocycles. The molecule has 2 fully saturated rings. The number of aliphatic hydroxyl groups excluding tert-OH is 7. The molecule has 11 unspecified atom stereocenters. The van der Waals surface area contributed by atoms with Crippen LogP contribution in [0.4, 0.5) is 0 Å². The first-order chi connectivity index (χ1) is 33.1. The van der Waals surface area contributed by atoms with Gasteiger partial charge in [0.1, 0.15) is 54.9 Å². The zero-order valence-electron chi connectivity index (χ0n) is 42.6. The van der Waals surface area contributed by atoms with E-state index in [2.05, 4.69) is 38.2 Å². The molecule has 2 aliphatic heterocycles. The Kier molecular flexibility index (Phi) is 38.7. The van der Waals surface area contributed by atoms with Crippen LogP contribution in [-0.2, 0) is 33.2 Å². The van der Waals surface area contributed by atoms with Crippen molar-refractivity contribution >= 4 is 5.97 Å². The van der Waals surface area contributed by atoms with Crippen LogP contribution in [0.5, 0.6) is 0 Å². The second-order valence-electron chi connectivity index (χ2n) is 19.4. The molecule has 0 aliphatic carbocycles. The number of hydrogen-bond acceptors (Lipinski definition) is 14. The van der Waals surface area contributed by atoms with E-state index in [9.17, 15) is 40.5 Å². The first-order valence-electron chi connectivity index (χ1n) is 27.4. The van der Waals surface area contributed by atoms with Crippen LogP contribution in [-0.4, -0.2) is 142 Å². The summed E-state index contributed by atoms with van der Waals surface area (Å²) in [4.78, 5) is 13.0. The fraction of sp³-hybridized carbons (Fsp3) is 0.907. The predicted molar refractivity (Wildman–Crippen MR) is 266 cm³/mol. The fourth-order valence-electron chi connectivity index (χ4n) is 8.69. The van der Waals surface area contributed by atoms with Gasteiger partial charge < -0.3 is 64.2 Å². The predicted octanol–water partition coefficient (Wildman–Crippen LogP) is 8.80. The maximum Gasteiger partial charge on any atom is 0.306 e. The van der Waals surface area contributed by atoms with Crippen molar-refractivity contribution in [3.8, 4) is 0 Å². The van der Waals surface area contributed by atoms with E-state index in [1.54, 1.807) is 0 Å². The Morgan fingerprint density at radius 3 is 1.34 bits per heavy atom. The van der Waals surface area contributed by atoms with E-state index in [0.29, 0.717) is 13.0 Å². The van der Waals surface area contributed by atoms with Crippen LogP contribution >= 0.6 is 0 Å². The quantitative estimate of drug-likeness (QED) is 0.0173. The fourth-order valence-corrected chi connectivity index (χ4v) is 8.69. The van der Waals surface area contributed by atoms with Crippen LogP contribution < -0.4 is 0 Å². The van der Waals surface area contributed by atoms with E-state index in [1.807, 2.05) is 0 Å². The average molecular weight is 973 g/mol. The van der Waals surface area contributed by atoms with Gasteiger partial charge in [-0.15, -0.1) is 0 Å². The molecule has 11 atom stereocenters. The van der Waals surface area contributed by atoms with Crippen molar-refractivity contribution in [1.29, 1.82) is 0 Å². The van der Waals surface area contributed by atoms with Crippen LogP contribution in [0.25, 0.3) is 0 Å². The van der Waals surface area contributed by atoms with Crippen molar-refractivity contribution in [3.05, 3.63) is 24.3 Å². The lowest BCUT2D eigenvalue weighted by molar-refractivity contribution is -0.332. The number of carbonyl (C=O) groups is 1. The second-order valence-corrected chi connectivity index (χ2v) is 19.4. The molecule has 0 radical (unpaired) electrons. The van der Waals surface area contributed by atoms with Crippen LogP contribution in [0, 0.1) is 0 Å². The maximum atomic E-state index is 13.0. The minimum absolute atomic E-state index is 0.0593. The van der Waals surface area contributed by atoms with Crippen LogP contribution in [0.3, 0.4) is 0 Å². The van der Waals surface area contributed by atoms with E-state index >= 15 is 0 Å². The summed E-state index contributed by atoms with van der Waals surface area (Å²) in [7, 11) is 0.